The molecular weight excluding hydrogens is 526 g/mol. The highest BCUT2D eigenvalue weighted by Crippen LogP contribution is 2.28. The third-order valence-corrected chi connectivity index (χ3v) is 8.12. The zero-order chi connectivity index (χ0) is 27.9. The van der Waals surface area contributed by atoms with Gasteiger partial charge in [-0.2, -0.15) is 0 Å². The first-order valence-corrected chi connectivity index (χ1v) is 13.9. The second-order valence-corrected chi connectivity index (χ2v) is 11.0. The van der Waals surface area contributed by atoms with Gasteiger partial charge >= 0.3 is 0 Å². The first-order valence-electron chi connectivity index (χ1n) is 12.1. The molecule has 0 aliphatic rings. The molecular formula is C28H32ClN3O5S. The SMILES string of the molecule is CCNC(=O)C(C)N(Cc1ccc(OC)cc1)C(=O)CN(c1ccccc1C)S(=O)(=O)c1ccc(Cl)cc1. The van der Waals surface area contributed by atoms with Gasteiger partial charge in [0.25, 0.3) is 10.0 Å². The molecule has 1 N–H and O–H groups in total. The molecule has 0 fully saturated rings. The number of hydrogen-bond donors (Lipinski definition) is 1. The fraction of sp³-hybridized carbons (Fsp3) is 0.286. The Morgan fingerprint density at radius 2 is 1.63 bits per heavy atom. The normalized spacial score (nSPS) is 11.9. The van der Waals surface area contributed by atoms with E-state index < -0.39 is 28.5 Å². The van der Waals surface area contributed by atoms with Gasteiger partial charge in [-0.25, -0.2) is 8.42 Å². The Balaban J connectivity index is 2.03. The molecule has 0 radical (unpaired) electrons. The number of nitrogens with one attached hydrogen (secondary N) is 1. The van der Waals surface area contributed by atoms with E-state index in [1.807, 2.05) is 0 Å². The molecule has 10 heteroatoms. The van der Waals surface area contributed by atoms with Crippen LogP contribution in [0.3, 0.4) is 0 Å². The Morgan fingerprint density at radius 3 is 2.21 bits per heavy atom. The summed E-state index contributed by atoms with van der Waals surface area (Å²) < 4.78 is 33.9. The minimum absolute atomic E-state index is 0.00330. The van der Waals surface area contributed by atoms with Crippen molar-refractivity contribution >= 4 is 39.1 Å². The van der Waals surface area contributed by atoms with E-state index >= 15 is 0 Å². The maximum absolute atomic E-state index is 13.8. The number of para-hydroxylation sites is 1. The van der Waals surface area contributed by atoms with Crippen LogP contribution in [-0.4, -0.2) is 51.4 Å². The highest BCUT2D eigenvalue weighted by molar-refractivity contribution is 7.92. The molecule has 0 aliphatic heterocycles. The van der Waals surface area contributed by atoms with Crippen LogP contribution in [0, 0.1) is 6.92 Å². The van der Waals surface area contributed by atoms with Crippen LogP contribution < -0.4 is 14.4 Å². The molecule has 0 aliphatic carbocycles. The number of carbonyl (C=O) groups is 2. The van der Waals surface area contributed by atoms with Gasteiger partial charge in [0.2, 0.25) is 11.8 Å². The van der Waals surface area contributed by atoms with Gasteiger partial charge in [0.05, 0.1) is 17.7 Å². The third kappa shape index (κ3) is 6.85. The van der Waals surface area contributed by atoms with E-state index in [0.29, 0.717) is 28.6 Å². The minimum Gasteiger partial charge on any atom is -0.497 e. The molecule has 2 amide bonds. The molecule has 202 valence electrons. The monoisotopic (exact) mass is 557 g/mol. The summed E-state index contributed by atoms with van der Waals surface area (Å²) in [5.74, 6) is -0.207. The number of carbonyl (C=O) groups excluding carboxylic acids is 2. The maximum Gasteiger partial charge on any atom is 0.264 e. The van der Waals surface area contributed by atoms with Gasteiger partial charge in [-0.3, -0.25) is 13.9 Å². The van der Waals surface area contributed by atoms with Crippen molar-refractivity contribution in [2.24, 2.45) is 0 Å². The number of halogens is 1. The highest BCUT2D eigenvalue weighted by Gasteiger charge is 2.33. The molecule has 3 aromatic rings. The Hall–Kier alpha value is -3.56. The third-order valence-electron chi connectivity index (χ3n) is 6.09. The lowest BCUT2D eigenvalue weighted by atomic mass is 10.1. The first-order chi connectivity index (χ1) is 18.1. The predicted molar refractivity (Wildman–Crippen MR) is 149 cm³/mol. The van der Waals surface area contributed by atoms with Gasteiger partial charge < -0.3 is 15.0 Å². The number of sulfonamides is 1. The van der Waals surface area contributed by atoms with Crippen LogP contribution in [0.1, 0.15) is 25.0 Å². The van der Waals surface area contributed by atoms with Gasteiger partial charge in [0.1, 0.15) is 18.3 Å². The van der Waals surface area contributed by atoms with Crippen molar-refractivity contribution in [1.29, 1.82) is 0 Å². The lowest BCUT2D eigenvalue weighted by molar-refractivity contribution is -0.139. The van der Waals surface area contributed by atoms with Crippen LogP contribution in [0.4, 0.5) is 5.69 Å². The molecule has 1 unspecified atom stereocenters. The minimum atomic E-state index is -4.15. The van der Waals surface area contributed by atoms with Crippen LogP contribution in [0.15, 0.2) is 77.7 Å². The van der Waals surface area contributed by atoms with Gasteiger partial charge in [-0.05, 0) is 74.4 Å². The second kappa shape index (κ2) is 12.8. The van der Waals surface area contributed by atoms with Crippen molar-refractivity contribution in [2.45, 2.75) is 38.3 Å². The lowest BCUT2D eigenvalue weighted by Gasteiger charge is -2.32. The zero-order valence-electron chi connectivity index (χ0n) is 21.8. The van der Waals surface area contributed by atoms with E-state index in [1.165, 1.54) is 29.2 Å². The van der Waals surface area contributed by atoms with Crippen molar-refractivity contribution in [3.05, 3.63) is 88.9 Å². The van der Waals surface area contributed by atoms with Crippen molar-refractivity contribution in [3.63, 3.8) is 0 Å². The highest BCUT2D eigenvalue weighted by atomic mass is 35.5. The van der Waals surface area contributed by atoms with Gasteiger partial charge in [0.15, 0.2) is 0 Å². The summed E-state index contributed by atoms with van der Waals surface area (Å²) in [7, 11) is -2.59. The smallest absolute Gasteiger partial charge is 0.264 e. The van der Waals surface area contributed by atoms with Crippen LogP contribution in [0.5, 0.6) is 5.75 Å². The maximum atomic E-state index is 13.8. The number of likely N-dealkylation sites (N-methyl/N-ethyl adjacent to an activating group) is 1. The topological polar surface area (TPSA) is 96.0 Å². The summed E-state index contributed by atoms with van der Waals surface area (Å²) in [6.45, 7) is 5.18. The summed E-state index contributed by atoms with van der Waals surface area (Å²) in [6.07, 6.45) is 0. The largest absolute Gasteiger partial charge is 0.497 e. The fourth-order valence-corrected chi connectivity index (χ4v) is 5.53. The summed E-state index contributed by atoms with van der Waals surface area (Å²) in [5, 5.41) is 3.14. The summed E-state index contributed by atoms with van der Waals surface area (Å²) in [5.41, 5.74) is 1.81. The molecule has 38 heavy (non-hydrogen) atoms. The molecule has 0 saturated carbocycles. The summed E-state index contributed by atoms with van der Waals surface area (Å²) in [6, 6.07) is 19.0. The first kappa shape index (κ1) is 29.0. The number of ether oxygens (including phenoxy) is 1. The van der Waals surface area contributed by atoms with E-state index in [4.69, 9.17) is 16.3 Å². The number of amides is 2. The number of nitrogens with zero attached hydrogens (tertiary/aromatic N) is 2. The zero-order valence-corrected chi connectivity index (χ0v) is 23.4. The standard InChI is InChI=1S/C28H32ClN3O5S/c1-5-30-28(34)21(3)31(18-22-10-14-24(37-4)15-11-22)27(33)19-32(26-9-7-6-8-20(26)2)38(35,36)25-16-12-23(29)13-17-25/h6-17,21H,5,18-19H2,1-4H3,(H,30,34). The number of benzene rings is 3. The summed E-state index contributed by atoms with van der Waals surface area (Å²) in [4.78, 5) is 28.0. The Morgan fingerprint density at radius 1 is 1.00 bits per heavy atom. The van der Waals surface area contributed by atoms with Gasteiger partial charge in [-0.15, -0.1) is 0 Å². The lowest BCUT2D eigenvalue weighted by Crippen LogP contribution is -2.51. The number of methoxy groups -OCH3 is 1. The van der Waals surface area contributed by atoms with Gasteiger partial charge in [0, 0.05) is 18.1 Å². The Bertz CT molecular complexity index is 1360. The number of aryl methyl sites for hydroxylation is 1. The van der Waals surface area contributed by atoms with E-state index in [-0.39, 0.29) is 17.3 Å². The van der Waals surface area contributed by atoms with Crippen LogP contribution >= 0.6 is 11.6 Å². The molecule has 0 saturated heterocycles. The molecule has 3 rings (SSSR count). The van der Waals surface area contributed by atoms with Gasteiger partial charge in [-0.1, -0.05) is 41.9 Å². The van der Waals surface area contributed by atoms with E-state index in [9.17, 15) is 18.0 Å². The molecule has 3 aromatic carbocycles. The number of rotatable bonds is 11. The second-order valence-electron chi connectivity index (χ2n) is 8.69. The Labute approximate surface area is 229 Å². The molecule has 1 atom stereocenters. The predicted octanol–water partition coefficient (Wildman–Crippen LogP) is 4.41. The molecule has 8 nitrogen and oxygen atoms in total. The molecule has 0 spiro atoms. The van der Waals surface area contributed by atoms with Crippen LogP contribution in [0.25, 0.3) is 0 Å². The van der Waals surface area contributed by atoms with Crippen molar-refractivity contribution in [2.75, 3.05) is 24.5 Å². The summed E-state index contributed by atoms with van der Waals surface area (Å²) >= 11 is 5.98. The average Bonchev–Trinajstić information content (AvgIpc) is 2.91. The van der Waals surface area contributed by atoms with E-state index in [0.717, 1.165) is 9.87 Å². The number of hydrogen-bond acceptors (Lipinski definition) is 5. The average molecular weight is 558 g/mol. The molecule has 0 heterocycles. The van der Waals surface area contributed by atoms with Crippen LogP contribution in [-0.2, 0) is 26.2 Å². The van der Waals surface area contributed by atoms with E-state index in [2.05, 4.69) is 5.32 Å². The fourth-order valence-electron chi connectivity index (χ4n) is 3.92. The van der Waals surface area contributed by atoms with Crippen molar-refractivity contribution in [3.8, 4) is 5.75 Å². The van der Waals surface area contributed by atoms with Crippen molar-refractivity contribution in [1.82, 2.24) is 10.2 Å². The van der Waals surface area contributed by atoms with E-state index in [1.54, 1.807) is 76.4 Å². The van der Waals surface area contributed by atoms with Crippen molar-refractivity contribution < 1.29 is 22.7 Å². The Kier molecular flexibility index (Phi) is 9.77. The molecule has 0 aromatic heterocycles. The molecule has 0 bridgehead atoms. The number of anilines is 1. The van der Waals surface area contributed by atoms with Crippen LogP contribution in [0.2, 0.25) is 5.02 Å². The quantitative estimate of drug-likeness (QED) is 0.377.